The monoisotopic (exact) mass is 133 g/mol. The van der Waals surface area contributed by atoms with E-state index in [0.29, 0.717) is 0 Å². The van der Waals surface area contributed by atoms with E-state index in [2.05, 4.69) is 6.92 Å². The molecule has 0 fully saturated rings. The summed E-state index contributed by atoms with van der Waals surface area (Å²) in [5.41, 5.74) is 5.03. The topological polar surface area (TPSA) is 26.0 Å². The SMILES string of the molecule is CCCN.[Cl-].[K+]. The van der Waals surface area contributed by atoms with Crippen LogP contribution in [0, 0.1) is 0 Å². The molecule has 3 heteroatoms. The maximum Gasteiger partial charge on any atom is 1.00 e. The van der Waals surface area contributed by atoms with Gasteiger partial charge >= 0.3 is 51.4 Å². The van der Waals surface area contributed by atoms with Crippen LogP contribution in [0.5, 0.6) is 0 Å². The Hall–Kier alpha value is 1.89. The van der Waals surface area contributed by atoms with Gasteiger partial charge in [-0.05, 0) is 13.0 Å². The summed E-state index contributed by atoms with van der Waals surface area (Å²) in [7, 11) is 0. The zero-order valence-electron chi connectivity index (χ0n) is 4.37. The van der Waals surface area contributed by atoms with Gasteiger partial charge in [-0.15, -0.1) is 0 Å². The van der Waals surface area contributed by atoms with E-state index in [1.807, 2.05) is 0 Å². The Morgan fingerprint density at radius 2 is 1.67 bits per heavy atom. The summed E-state index contributed by atoms with van der Waals surface area (Å²) in [5, 5.41) is 0. The van der Waals surface area contributed by atoms with Crippen molar-refractivity contribution in [2.75, 3.05) is 6.54 Å². The van der Waals surface area contributed by atoms with Gasteiger partial charge in [-0.1, -0.05) is 6.92 Å². The number of hydrogen-bond acceptors (Lipinski definition) is 1. The maximum atomic E-state index is 5.03. The standard InChI is InChI=1S/C3H9N.ClH.K/c1-2-3-4;;/h2-4H2,1H3;1H;/q;;+1/p-1. The Bertz CT molecular complexity index is 12.8. The average molecular weight is 134 g/mol. The third-order valence-corrected chi connectivity index (χ3v) is 0.289. The Morgan fingerprint density at radius 1 is 1.50 bits per heavy atom. The van der Waals surface area contributed by atoms with Gasteiger partial charge in [-0.2, -0.15) is 0 Å². The maximum absolute atomic E-state index is 5.03. The van der Waals surface area contributed by atoms with Crippen LogP contribution in [-0.4, -0.2) is 6.54 Å². The second-order valence-corrected chi connectivity index (χ2v) is 0.789. The molecule has 0 aliphatic rings. The van der Waals surface area contributed by atoms with Gasteiger partial charge in [0.25, 0.3) is 0 Å². The smallest absolute Gasteiger partial charge is 1.00 e. The fraction of sp³-hybridized carbons (Fsp3) is 1.00. The molecule has 6 heavy (non-hydrogen) atoms. The molecule has 0 unspecified atom stereocenters. The molecule has 0 aliphatic heterocycles. The van der Waals surface area contributed by atoms with Gasteiger partial charge in [0.1, 0.15) is 0 Å². The van der Waals surface area contributed by atoms with Crippen LogP contribution in [0.15, 0.2) is 0 Å². The zero-order valence-corrected chi connectivity index (χ0v) is 8.25. The first kappa shape index (κ1) is 15.7. The minimum atomic E-state index is 0. The van der Waals surface area contributed by atoms with Crippen LogP contribution in [-0.2, 0) is 0 Å². The second-order valence-electron chi connectivity index (χ2n) is 0.789. The molecule has 0 saturated carbocycles. The quantitative estimate of drug-likeness (QED) is 0.355. The first-order valence-corrected chi connectivity index (χ1v) is 1.62. The van der Waals surface area contributed by atoms with Gasteiger partial charge in [0.2, 0.25) is 0 Å². The van der Waals surface area contributed by atoms with E-state index in [1.54, 1.807) is 0 Å². The molecule has 0 rings (SSSR count). The van der Waals surface area contributed by atoms with Crippen molar-refractivity contribution in [2.24, 2.45) is 5.73 Å². The van der Waals surface area contributed by atoms with E-state index in [-0.39, 0.29) is 63.8 Å². The van der Waals surface area contributed by atoms with Crippen molar-refractivity contribution in [3.05, 3.63) is 0 Å². The van der Waals surface area contributed by atoms with E-state index in [1.165, 1.54) is 0 Å². The van der Waals surface area contributed by atoms with Crippen LogP contribution >= 0.6 is 0 Å². The molecular formula is C3H9ClKN. The Labute approximate surface area is 87.9 Å². The van der Waals surface area contributed by atoms with Gasteiger partial charge in [-0.25, -0.2) is 0 Å². The van der Waals surface area contributed by atoms with Gasteiger partial charge in [0.05, 0.1) is 0 Å². The van der Waals surface area contributed by atoms with Gasteiger partial charge in [0, 0.05) is 0 Å². The predicted octanol–water partition coefficient (Wildman–Crippen LogP) is -5.64. The molecule has 0 heterocycles. The van der Waals surface area contributed by atoms with Crippen LogP contribution in [0.3, 0.4) is 0 Å². The van der Waals surface area contributed by atoms with Crippen LogP contribution in [0.1, 0.15) is 13.3 Å². The number of hydrogen-bond donors (Lipinski definition) is 1. The van der Waals surface area contributed by atoms with Gasteiger partial charge in [-0.3, -0.25) is 0 Å². The predicted molar refractivity (Wildman–Crippen MR) is 19.3 cm³/mol. The molecule has 34 valence electrons. The number of nitrogens with two attached hydrogens (primary N) is 1. The summed E-state index contributed by atoms with van der Waals surface area (Å²) in [4.78, 5) is 0. The summed E-state index contributed by atoms with van der Waals surface area (Å²) in [6.45, 7) is 2.88. The van der Waals surface area contributed by atoms with Crippen molar-refractivity contribution in [1.82, 2.24) is 0 Å². The van der Waals surface area contributed by atoms with Crippen molar-refractivity contribution in [1.29, 1.82) is 0 Å². The summed E-state index contributed by atoms with van der Waals surface area (Å²) < 4.78 is 0. The van der Waals surface area contributed by atoms with Crippen LogP contribution in [0.4, 0.5) is 0 Å². The van der Waals surface area contributed by atoms with E-state index in [4.69, 9.17) is 5.73 Å². The summed E-state index contributed by atoms with van der Waals surface area (Å²) >= 11 is 0. The molecule has 0 saturated heterocycles. The van der Waals surface area contributed by atoms with E-state index < -0.39 is 0 Å². The summed E-state index contributed by atoms with van der Waals surface area (Å²) in [5.74, 6) is 0. The first-order valence-electron chi connectivity index (χ1n) is 1.62. The normalized spacial score (nSPS) is 5.00. The minimum Gasteiger partial charge on any atom is -1.00 e. The molecule has 0 spiro atoms. The molecule has 0 aromatic carbocycles. The second kappa shape index (κ2) is 15.8. The Kier molecular flexibility index (Phi) is 41.2. The molecule has 0 aromatic heterocycles. The van der Waals surface area contributed by atoms with Gasteiger partial charge in [0.15, 0.2) is 0 Å². The molecule has 0 aliphatic carbocycles. The van der Waals surface area contributed by atoms with Crippen molar-refractivity contribution < 1.29 is 63.8 Å². The molecular weight excluding hydrogens is 125 g/mol. The molecule has 0 amide bonds. The first-order chi connectivity index (χ1) is 1.91. The Morgan fingerprint density at radius 3 is 1.67 bits per heavy atom. The van der Waals surface area contributed by atoms with E-state index >= 15 is 0 Å². The fourth-order valence-corrected chi connectivity index (χ4v) is 0. The minimum absolute atomic E-state index is 0. The van der Waals surface area contributed by atoms with E-state index in [0.717, 1.165) is 13.0 Å². The van der Waals surface area contributed by atoms with Crippen molar-refractivity contribution >= 4 is 0 Å². The van der Waals surface area contributed by atoms with Crippen LogP contribution in [0.25, 0.3) is 0 Å². The molecule has 2 N–H and O–H groups in total. The van der Waals surface area contributed by atoms with Gasteiger partial charge < -0.3 is 18.1 Å². The van der Waals surface area contributed by atoms with Crippen molar-refractivity contribution in [3.8, 4) is 0 Å². The summed E-state index contributed by atoms with van der Waals surface area (Å²) in [6.07, 6.45) is 1.10. The molecule has 0 aromatic rings. The number of halogens is 1. The third-order valence-electron chi connectivity index (χ3n) is 0.289. The third kappa shape index (κ3) is 16.9. The van der Waals surface area contributed by atoms with Crippen LogP contribution < -0.4 is 69.5 Å². The van der Waals surface area contributed by atoms with E-state index in [9.17, 15) is 0 Å². The average Bonchev–Trinajstić information content (AvgIpc) is 1.37. The molecule has 1 nitrogen and oxygen atoms in total. The van der Waals surface area contributed by atoms with Crippen LogP contribution in [0.2, 0.25) is 0 Å². The fourth-order valence-electron chi connectivity index (χ4n) is 0. The van der Waals surface area contributed by atoms with Crippen molar-refractivity contribution in [2.45, 2.75) is 13.3 Å². The molecule has 0 radical (unpaired) electrons. The summed E-state index contributed by atoms with van der Waals surface area (Å²) in [6, 6.07) is 0. The largest absolute Gasteiger partial charge is 1.00 e. The zero-order chi connectivity index (χ0) is 3.41. The molecule has 0 atom stereocenters. The van der Waals surface area contributed by atoms with Crippen molar-refractivity contribution in [3.63, 3.8) is 0 Å². The molecule has 0 bridgehead atoms. The number of rotatable bonds is 1. The Balaban J connectivity index is -0.0000000450.